The molecule has 13 heavy (non-hydrogen) atoms. The normalized spacial score (nSPS) is 17.5. The lowest BCUT2D eigenvalue weighted by Gasteiger charge is -2.26. The van der Waals surface area contributed by atoms with Gasteiger partial charge >= 0.3 is 0 Å². The zero-order valence-corrected chi connectivity index (χ0v) is 8.51. The molecule has 0 saturated carbocycles. The van der Waals surface area contributed by atoms with E-state index in [1.54, 1.807) is 0 Å². The molecule has 1 N–H and O–H groups in total. The summed E-state index contributed by atoms with van der Waals surface area (Å²) in [6, 6.07) is 0. The molecule has 0 aromatic carbocycles. The molecule has 1 saturated heterocycles. The van der Waals surface area contributed by atoms with E-state index in [0.29, 0.717) is 6.54 Å². The molecule has 0 radical (unpaired) electrons. The predicted octanol–water partition coefficient (Wildman–Crippen LogP) is 0.998. The molecule has 0 atom stereocenters. The second-order valence-corrected chi connectivity index (χ2v) is 3.62. The highest BCUT2D eigenvalue weighted by molar-refractivity contribution is 5.78. The molecular formula is C10H20N2O. The van der Waals surface area contributed by atoms with Crippen molar-refractivity contribution in [1.29, 1.82) is 0 Å². The zero-order valence-electron chi connectivity index (χ0n) is 8.51. The minimum atomic E-state index is 0.271. The maximum atomic E-state index is 11.5. The molecule has 0 aromatic heterocycles. The topological polar surface area (TPSA) is 32.3 Å². The van der Waals surface area contributed by atoms with Crippen molar-refractivity contribution in [2.75, 3.05) is 26.2 Å². The molecule has 3 heteroatoms. The Hall–Kier alpha value is -0.570. The molecule has 1 amide bonds. The number of carbonyl (C=O) groups is 1. The highest BCUT2D eigenvalue weighted by Crippen LogP contribution is 2.07. The summed E-state index contributed by atoms with van der Waals surface area (Å²) in [4.78, 5) is 13.5. The third-order valence-electron chi connectivity index (χ3n) is 2.41. The van der Waals surface area contributed by atoms with E-state index in [-0.39, 0.29) is 5.91 Å². The molecule has 3 nitrogen and oxygen atoms in total. The van der Waals surface area contributed by atoms with Crippen molar-refractivity contribution in [1.82, 2.24) is 10.2 Å². The summed E-state index contributed by atoms with van der Waals surface area (Å²) in [6.45, 7) is 5.51. The summed E-state index contributed by atoms with van der Waals surface area (Å²) in [6.07, 6.45) is 4.73. The minimum Gasteiger partial charge on any atom is -0.342 e. The highest BCUT2D eigenvalue weighted by atomic mass is 16.2. The smallest absolute Gasteiger partial charge is 0.236 e. The lowest BCUT2D eigenvalue weighted by molar-refractivity contribution is -0.131. The number of hydrogen-bond acceptors (Lipinski definition) is 2. The third-order valence-corrected chi connectivity index (χ3v) is 2.41. The van der Waals surface area contributed by atoms with Crippen molar-refractivity contribution in [2.45, 2.75) is 32.6 Å². The third kappa shape index (κ3) is 3.77. The first-order valence-corrected chi connectivity index (χ1v) is 5.33. The first-order chi connectivity index (χ1) is 6.34. The van der Waals surface area contributed by atoms with Gasteiger partial charge in [-0.2, -0.15) is 0 Å². The number of rotatable bonds is 4. The Balaban J connectivity index is 2.13. The van der Waals surface area contributed by atoms with Gasteiger partial charge in [0.05, 0.1) is 6.54 Å². The molecule has 1 rings (SSSR count). The number of amides is 1. The van der Waals surface area contributed by atoms with Crippen molar-refractivity contribution in [2.24, 2.45) is 0 Å². The van der Waals surface area contributed by atoms with E-state index in [4.69, 9.17) is 0 Å². The van der Waals surface area contributed by atoms with E-state index in [1.807, 2.05) is 4.90 Å². The van der Waals surface area contributed by atoms with E-state index >= 15 is 0 Å². The van der Waals surface area contributed by atoms with Crippen LogP contribution >= 0.6 is 0 Å². The second-order valence-electron chi connectivity index (χ2n) is 3.62. The van der Waals surface area contributed by atoms with Gasteiger partial charge in [-0.05, 0) is 32.2 Å². The molecule has 76 valence electrons. The van der Waals surface area contributed by atoms with Crippen LogP contribution in [0.3, 0.4) is 0 Å². The summed E-state index contributed by atoms with van der Waals surface area (Å²) >= 11 is 0. The number of likely N-dealkylation sites (tertiary alicyclic amines) is 1. The van der Waals surface area contributed by atoms with Gasteiger partial charge in [-0.1, -0.05) is 6.92 Å². The van der Waals surface area contributed by atoms with Gasteiger partial charge in [0.25, 0.3) is 0 Å². The monoisotopic (exact) mass is 184 g/mol. The average molecular weight is 184 g/mol. The van der Waals surface area contributed by atoms with Crippen molar-refractivity contribution in [3.05, 3.63) is 0 Å². The van der Waals surface area contributed by atoms with Crippen molar-refractivity contribution in [3.63, 3.8) is 0 Å². The quantitative estimate of drug-likeness (QED) is 0.661. The lowest BCUT2D eigenvalue weighted by atomic mass is 10.1. The standard InChI is InChI=1S/C10H20N2O/c1-2-6-11-9-10(13)12-7-4-3-5-8-12/h11H,2-9H2,1H3. The summed E-state index contributed by atoms with van der Waals surface area (Å²) < 4.78 is 0. The number of piperidine rings is 1. The maximum absolute atomic E-state index is 11.5. The fourth-order valence-corrected chi connectivity index (χ4v) is 1.63. The van der Waals surface area contributed by atoms with Crippen LogP contribution in [0, 0.1) is 0 Å². The Labute approximate surface area is 80.5 Å². The molecule has 0 spiro atoms. The molecule has 1 aliphatic rings. The average Bonchev–Trinajstić information content (AvgIpc) is 2.19. The van der Waals surface area contributed by atoms with Crippen LogP contribution in [-0.2, 0) is 4.79 Å². The summed E-state index contributed by atoms with van der Waals surface area (Å²) in [5, 5.41) is 3.14. The van der Waals surface area contributed by atoms with E-state index in [9.17, 15) is 4.79 Å². The SMILES string of the molecule is CCCNCC(=O)N1CCCCC1. The number of hydrogen-bond donors (Lipinski definition) is 1. The highest BCUT2D eigenvalue weighted by Gasteiger charge is 2.14. The Kier molecular flexibility index (Phi) is 4.83. The van der Waals surface area contributed by atoms with Crippen LogP contribution in [0.4, 0.5) is 0 Å². The molecule has 0 unspecified atom stereocenters. The van der Waals surface area contributed by atoms with Crippen LogP contribution in [-0.4, -0.2) is 37.0 Å². The summed E-state index contributed by atoms with van der Waals surface area (Å²) in [7, 11) is 0. The van der Waals surface area contributed by atoms with Crippen LogP contribution in [0.25, 0.3) is 0 Å². The summed E-state index contributed by atoms with van der Waals surface area (Å²) in [5.74, 6) is 0.271. The minimum absolute atomic E-state index is 0.271. The van der Waals surface area contributed by atoms with E-state index in [0.717, 1.165) is 26.1 Å². The van der Waals surface area contributed by atoms with Gasteiger partial charge in [0.15, 0.2) is 0 Å². The molecule has 0 aromatic rings. The van der Waals surface area contributed by atoms with Gasteiger partial charge in [0, 0.05) is 13.1 Å². The fraction of sp³-hybridized carbons (Fsp3) is 0.900. The number of carbonyl (C=O) groups excluding carboxylic acids is 1. The summed E-state index contributed by atoms with van der Waals surface area (Å²) in [5.41, 5.74) is 0. The van der Waals surface area contributed by atoms with Crippen molar-refractivity contribution >= 4 is 5.91 Å². The van der Waals surface area contributed by atoms with Gasteiger partial charge in [0.1, 0.15) is 0 Å². The van der Waals surface area contributed by atoms with E-state index in [1.165, 1.54) is 19.3 Å². The molecule has 1 heterocycles. The van der Waals surface area contributed by atoms with Gasteiger partial charge in [0.2, 0.25) is 5.91 Å². The van der Waals surface area contributed by atoms with Gasteiger partial charge in [-0.15, -0.1) is 0 Å². The second kappa shape index (κ2) is 5.97. The molecular weight excluding hydrogens is 164 g/mol. The van der Waals surface area contributed by atoms with E-state index in [2.05, 4.69) is 12.2 Å². The van der Waals surface area contributed by atoms with Gasteiger partial charge in [-0.3, -0.25) is 4.79 Å². The molecule has 1 fully saturated rings. The van der Waals surface area contributed by atoms with Gasteiger partial charge < -0.3 is 10.2 Å². The zero-order chi connectivity index (χ0) is 9.52. The largest absolute Gasteiger partial charge is 0.342 e. The lowest BCUT2D eigenvalue weighted by Crippen LogP contribution is -2.41. The number of nitrogens with one attached hydrogen (secondary N) is 1. The van der Waals surface area contributed by atoms with Crippen molar-refractivity contribution < 1.29 is 4.79 Å². The maximum Gasteiger partial charge on any atom is 0.236 e. The van der Waals surface area contributed by atoms with Crippen LogP contribution in [0.2, 0.25) is 0 Å². The Bertz CT molecular complexity index is 153. The Morgan fingerprint density at radius 3 is 2.62 bits per heavy atom. The van der Waals surface area contributed by atoms with Crippen LogP contribution in [0.15, 0.2) is 0 Å². The van der Waals surface area contributed by atoms with Crippen molar-refractivity contribution in [3.8, 4) is 0 Å². The predicted molar refractivity (Wildman–Crippen MR) is 53.6 cm³/mol. The molecule has 0 bridgehead atoms. The van der Waals surface area contributed by atoms with Crippen LogP contribution in [0.1, 0.15) is 32.6 Å². The molecule has 0 aliphatic carbocycles. The van der Waals surface area contributed by atoms with Crippen LogP contribution < -0.4 is 5.32 Å². The molecule has 1 aliphatic heterocycles. The number of nitrogens with zero attached hydrogens (tertiary/aromatic N) is 1. The van der Waals surface area contributed by atoms with E-state index < -0.39 is 0 Å². The Morgan fingerprint density at radius 1 is 1.31 bits per heavy atom. The Morgan fingerprint density at radius 2 is 2.00 bits per heavy atom. The first-order valence-electron chi connectivity index (χ1n) is 5.33. The van der Waals surface area contributed by atoms with Crippen LogP contribution in [0.5, 0.6) is 0 Å². The van der Waals surface area contributed by atoms with Gasteiger partial charge in [-0.25, -0.2) is 0 Å². The first kappa shape index (κ1) is 10.5. The fourth-order valence-electron chi connectivity index (χ4n) is 1.63.